The summed E-state index contributed by atoms with van der Waals surface area (Å²) in [5, 5.41) is 30.5. The highest BCUT2D eigenvalue weighted by Gasteiger charge is 2.08. The zero-order chi connectivity index (χ0) is 21.4. The molecule has 0 saturated carbocycles. The standard InChI is InChI=1S/C17H21N5O6S/c1-2-8-21(9-3-10-29(26,27)28)13-4-6-15(16(23)11-13)19-20-17-7-5-14(12-18-17)22(24)25/h4-7,11-12,23H,2-3,8-10H2,1H3,(H,26,27,28)/p-2. The third-order valence-electron chi connectivity index (χ3n) is 3.83. The largest absolute Gasteiger partial charge is 0.871 e. The average molecular weight is 421 g/mol. The smallest absolute Gasteiger partial charge is 0.287 e. The number of nitrogens with zero attached hydrogens (tertiary/aromatic N) is 5. The highest BCUT2D eigenvalue weighted by Crippen LogP contribution is 2.30. The molecule has 11 nitrogen and oxygen atoms in total. The first-order chi connectivity index (χ1) is 13.7. The van der Waals surface area contributed by atoms with Crippen molar-refractivity contribution < 1.29 is 23.0 Å². The molecule has 0 bridgehead atoms. The Morgan fingerprint density at radius 2 is 1.93 bits per heavy atom. The van der Waals surface area contributed by atoms with E-state index in [0.717, 1.165) is 12.6 Å². The molecule has 1 aromatic carbocycles. The van der Waals surface area contributed by atoms with Crippen LogP contribution in [0.4, 0.5) is 22.9 Å². The predicted molar refractivity (Wildman–Crippen MR) is 103 cm³/mol. The summed E-state index contributed by atoms with van der Waals surface area (Å²) in [6.45, 7) is 2.85. The third kappa shape index (κ3) is 7.08. The van der Waals surface area contributed by atoms with Gasteiger partial charge in [0.05, 0.1) is 20.7 Å². The van der Waals surface area contributed by atoms with Crippen molar-refractivity contribution in [2.75, 3.05) is 23.7 Å². The van der Waals surface area contributed by atoms with Crippen molar-refractivity contribution in [3.63, 3.8) is 0 Å². The van der Waals surface area contributed by atoms with E-state index in [9.17, 15) is 28.2 Å². The molecule has 1 aromatic heterocycles. The molecule has 0 aliphatic rings. The fourth-order valence-electron chi connectivity index (χ4n) is 2.50. The Morgan fingerprint density at radius 1 is 1.17 bits per heavy atom. The van der Waals surface area contributed by atoms with Gasteiger partial charge in [0.25, 0.3) is 5.69 Å². The van der Waals surface area contributed by atoms with Gasteiger partial charge in [-0.3, -0.25) is 10.1 Å². The van der Waals surface area contributed by atoms with Gasteiger partial charge in [0.15, 0.2) is 5.82 Å². The molecule has 0 fully saturated rings. The lowest BCUT2D eigenvalue weighted by atomic mass is 10.2. The number of benzene rings is 1. The summed E-state index contributed by atoms with van der Waals surface area (Å²) < 4.78 is 32.3. The van der Waals surface area contributed by atoms with Gasteiger partial charge >= 0.3 is 0 Å². The van der Waals surface area contributed by atoms with Crippen LogP contribution in [-0.4, -0.2) is 41.7 Å². The van der Waals surface area contributed by atoms with Crippen molar-refractivity contribution in [2.45, 2.75) is 19.8 Å². The molecule has 0 spiro atoms. The molecular formula is C17H19N5O6S-2. The van der Waals surface area contributed by atoms with Crippen LogP contribution in [0.1, 0.15) is 19.8 Å². The van der Waals surface area contributed by atoms with Gasteiger partial charge in [-0.15, -0.1) is 10.2 Å². The van der Waals surface area contributed by atoms with Crippen LogP contribution >= 0.6 is 0 Å². The minimum atomic E-state index is -4.28. The normalized spacial score (nSPS) is 11.7. The van der Waals surface area contributed by atoms with Gasteiger partial charge in [0, 0.05) is 30.6 Å². The first kappa shape index (κ1) is 22.2. The summed E-state index contributed by atoms with van der Waals surface area (Å²) >= 11 is 0. The molecule has 2 aromatic rings. The number of anilines is 1. The first-order valence-corrected chi connectivity index (χ1v) is 10.3. The van der Waals surface area contributed by atoms with Crippen molar-refractivity contribution in [3.05, 3.63) is 46.6 Å². The fraction of sp³-hybridized carbons (Fsp3) is 0.353. The van der Waals surface area contributed by atoms with Crippen molar-refractivity contribution in [1.29, 1.82) is 0 Å². The zero-order valence-corrected chi connectivity index (χ0v) is 16.4. The van der Waals surface area contributed by atoms with Crippen LogP contribution in [0, 0.1) is 10.1 Å². The molecule has 0 atom stereocenters. The Bertz CT molecular complexity index is 978. The van der Waals surface area contributed by atoms with E-state index in [0.29, 0.717) is 18.8 Å². The van der Waals surface area contributed by atoms with Crippen LogP contribution in [-0.2, 0) is 10.1 Å². The van der Waals surface area contributed by atoms with Gasteiger partial charge < -0.3 is 14.6 Å². The van der Waals surface area contributed by atoms with Gasteiger partial charge in [-0.25, -0.2) is 13.4 Å². The Kier molecular flexibility index (Phi) is 7.56. The molecular weight excluding hydrogens is 402 g/mol. The summed E-state index contributed by atoms with van der Waals surface area (Å²) in [6, 6.07) is 7.03. The minimum absolute atomic E-state index is 0.0625. The van der Waals surface area contributed by atoms with E-state index < -0.39 is 26.5 Å². The van der Waals surface area contributed by atoms with Crippen LogP contribution in [0.5, 0.6) is 5.75 Å². The van der Waals surface area contributed by atoms with Crippen molar-refractivity contribution in [1.82, 2.24) is 4.98 Å². The summed E-state index contributed by atoms with van der Waals surface area (Å²) in [7, 11) is -4.28. The molecule has 12 heteroatoms. The van der Waals surface area contributed by atoms with Crippen molar-refractivity contribution in [2.24, 2.45) is 10.2 Å². The summed E-state index contributed by atoms with van der Waals surface area (Å²) in [5.74, 6) is -0.748. The van der Waals surface area contributed by atoms with E-state index in [-0.39, 0.29) is 23.6 Å². The molecule has 0 radical (unpaired) electrons. The summed E-state index contributed by atoms with van der Waals surface area (Å²) in [4.78, 5) is 15.6. The second-order valence-electron chi connectivity index (χ2n) is 6.09. The minimum Gasteiger partial charge on any atom is -0.871 e. The Morgan fingerprint density at radius 3 is 2.48 bits per heavy atom. The van der Waals surface area contributed by atoms with E-state index in [1.54, 1.807) is 6.07 Å². The number of hydrogen-bond donors (Lipinski definition) is 0. The zero-order valence-electron chi connectivity index (χ0n) is 15.6. The molecule has 0 aliphatic carbocycles. The average Bonchev–Trinajstić information content (AvgIpc) is 2.65. The molecule has 29 heavy (non-hydrogen) atoms. The fourth-order valence-corrected chi connectivity index (χ4v) is 2.99. The van der Waals surface area contributed by atoms with Crippen molar-refractivity contribution in [3.8, 4) is 5.75 Å². The van der Waals surface area contributed by atoms with Crippen LogP contribution in [0.25, 0.3) is 0 Å². The number of aromatic nitrogens is 1. The Balaban J connectivity index is 2.11. The quantitative estimate of drug-likeness (QED) is 0.244. The number of azo groups is 1. The van der Waals surface area contributed by atoms with Gasteiger partial charge in [0.2, 0.25) is 0 Å². The van der Waals surface area contributed by atoms with E-state index in [4.69, 9.17) is 0 Å². The Hall–Kier alpha value is -3.12. The third-order valence-corrected chi connectivity index (χ3v) is 4.62. The van der Waals surface area contributed by atoms with Gasteiger partial charge in [-0.1, -0.05) is 12.7 Å². The van der Waals surface area contributed by atoms with E-state index in [1.807, 2.05) is 11.8 Å². The second kappa shape index (κ2) is 9.89. The SMILES string of the molecule is CCCN(CCCS(=O)(=O)[O-])c1ccc(N=Nc2ccc([N+](=O)[O-])cn2)c([O-])c1. The maximum absolute atomic E-state index is 12.3. The van der Waals surface area contributed by atoms with Gasteiger partial charge in [-0.05, 0) is 37.1 Å². The number of rotatable bonds is 10. The molecule has 0 unspecified atom stereocenters. The van der Waals surface area contributed by atoms with Crippen LogP contribution in [0.3, 0.4) is 0 Å². The molecule has 2 rings (SSSR count). The van der Waals surface area contributed by atoms with Crippen LogP contribution < -0.4 is 10.0 Å². The van der Waals surface area contributed by atoms with Gasteiger partial charge in [-0.2, -0.15) is 0 Å². The molecule has 0 saturated heterocycles. The highest BCUT2D eigenvalue weighted by molar-refractivity contribution is 7.85. The van der Waals surface area contributed by atoms with E-state index in [2.05, 4.69) is 15.2 Å². The number of nitro groups is 1. The maximum Gasteiger partial charge on any atom is 0.287 e. The van der Waals surface area contributed by atoms with Crippen LogP contribution in [0.15, 0.2) is 46.8 Å². The second-order valence-corrected chi connectivity index (χ2v) is 7.61. The predicted octanol–water partition coefficient (Wildman–Crippen LogP) is 2.63. The topological polar surface area (TPSA) is 164 Å². The lowest BCUT2D eigenvalue weighted by molar-refractivity contribution is -0.385. The van der Waals surface area contributed by atoms with Crippen LogP contribution in [0.2, 0.25) is 0 Å². The molecule has 0 aliphatic heterocycles. The van der Waals surface area contributed by atoms with Gasteiger partial charge in [0.1, 0.15) is 6.20 Å². The molecule has 1 heterocycles. The molecule has 0 N–H and O–H groups in total. The lowest BCUT2D eigenvalue weighted by Gasteiger charge is -2.26. The summed E-state index contributed by atoms with van der Waals surface area (Å²) in [6.07, 6.45) is 1.97. The monoisotopic (exact) mass is 421 g/mol. The molecule has 0 amide bonds. The van der Waals surface area contributed by atoms with E-state index >= 15 is 0 Å². The Labute approximate surface area is 167 Å². The summed E-state index contributed by atoms with van der Waals surface area (Å²) in [5.41, 5.74) is 0.471. The van der Waals surface area contributed by atoms with Crippen molar-refractivity contribution >= 4 is 33.0 Å². The van der Waals surface area contributed by atoms with E-state index in [1.165, 1.54) is 24.3 Å². The first-order valence-electron chi connectivity index (χ1n) is 8.71. The number of hydrogen-bond acceptors (Lipinski definition) is 10. The molecule has 156 valence electrons. The number of pyridine rings is 1. The maximum atomic E-state index is 12.3. The lowest BCUT2D eigenvalue weighted by Crippen LogP contribution is -2.26. The highest BCUT2D eigenvalue weighted by atomic mass is 32.2.